The third-order valence-corrected chi connectivity index (χ3v) is 4.21. The highest BCUT2D eigenvalue weighted by Crippen LogP contribution is 2.27. The van der Waals surface area contributed by atoms with Gasteiger partial charge >= 0.3 is 0 Å². The normalized spacial score (nSPS) is 11.2. The largest absolute Gasteiger partial charge is 0.459 e. The molecule has 0 spiro atoms. The van der Waals surface area contributed by atoms with Crippen molar-refractivity contribution >= 4 is 22.7 Å². The first kappa shape index (κ1) is 16.1. The van der Waals surface area contributed by atoms with Crippen molar-refractivity contribution in [2.75, 3.05) is 5.32 Å². The summed E-state index contributed by atoms with van der Waals surface area (Å²) in [4.78, 5) is 16.6. The van der Waals surface area contributed by atoms with Crippen molar-refractivity contribution in [2.24, 2.45) is 0 Å². The van der Waals surface area contributed by atoms with Crippen molar-refractivity contribution in [3.05, 3.63) is 72.2 Å². The topological polar surface area (TPSA) is 68.3 Å². The Morgan fingerprint density at radius 1 is 1.08 bits per heavy atom. The maximum atomic E-state index is 12.1. The van der Waals surface area contributed by atoms with Gasteiger partial charge in [0, 0.05) is 11.3 Å². The summed E-state index contributed by atoms with van der Waals surface area (Å²) in [6, 6.07) is 16.8. The smallest absolute Gasteiger partial charge is 0.291 e. The van der Waals surface area contributed by atoms with Gasteiger partial charge in [0.25, 0.3) is 5.91 Å². The fraction of sp³-hybridized carbons (Fsp3) is 0.143. The van der Waals surface area contributed by atoms with E-state index in [0.717, 1.165) is 5.56 Å². The molecule has 2 aromatic heterocycles. The number of hydrogen-bond donors (Lipinski definition) is 1. The highest BCUT2D eigenvalue weighted by molar-refractivity contribution is 6.03. The van der Waals surface area contributed by atoms with Crippen LogP contribution in [0.25, 0.3) is 22.6 Å². The molecule has 0 saturated heterocycles. The molecule has 4 rings (SSSR count). The lowest BCUT2D eigenvalue weighted by molar-refractivity contribution is 0.0996. The van der Waals surface area contributed by atoms with Crippen LogP contribution in [0, 0.1) is 0 Å². The summed E-state index contributed by atoms with van der Waals surface area (Å²) in [5, 5.41) is 2.79. The zero-order valence-corrected chi connectivity index (χ0v) is 14.5. The van der Waals surface area contributed by atoms with Gasteiger partial charge in [-0.2, -0.15) is 0 Å². The van der Waals surface area contributed by atoms with Crippen molar-refractivity contribution in [1.82, 2.24) is 4.98 Å². The van der Waals surface area contributed by atoms with Gasteiger partial charge in [-0.3, -0.25) is 4.79 Å². The SMILES string of the molecule is CC(C)c1ccc(-c2nc3cc(NC(=O)c4ccco4)ccc3o2)cc1. The van der Waals surface area contributed by atoms with E-state index in [9.17, 15) is 4.79 Å². The lowest BCUT2D eigenvalue weighted by Crippen LogP contribution is -2.10. The zero-order chi connectivity index (χ0) is 18.1. The van der Waals surface area contributed by atoms with Crippen LogP contribution in [0.2, 0.25) is 0 Å². The predicted molar refractivity (Wildman–Crippen MR) is 100 cm³/mol. The van der Waals surface area contributed by atoms with E-state index in [0.29, 0.717) is 28.6 Å². The predicted octanol–water partition coefficient (Wildman–Crippen LogP) is 5.46. The molecular weight excluding hydrogens is 328 g/mol. The molecule has 0 saturated carbocycles. The second-order valence-electron chi connectivity index (χ2n) is 6.41. The lowest BCUT2D eigenvalue weighted by Gasteiger charge is -2.04. The summed E-state index contributed by atoms with van der Waals surface area (Å²) in [6.07, 6.45) is 1.46. The lowest BCUT2D eigenvalue weighted by atomic mass is 10.0. The fourth-order valence-electron chi connectivity index (χ4n) is 2.74. The van der Waals surface area contributed by atoms with Crippen LogP contribution in [0.1, 0.15) is 35.9 Å². The Morgan fingerprint density at radius 2 is 1.88 bits per heavy atom. The molecule has 130 valence electrons. The van der Waals surface area contributed by atoms with Crippen LogP contribution >= 0.6 is 0 Å². The molecule has 2 heterocycles. The molecule has 0 atom stereocenters. The Balaban J connectivity index is 1.60. The summed E-state index contributed by atoms with van der Waals surface area (Å²) >= 11 is 0. The first-order chi connectivity index (χ1) is 12.6. The second kappa shape index (κ2) is 6.52. The van der Waals surface area contributed by atoms with E-state index in [1.165, 1.54) is 11.8 Å². The fourth-order valence-corrected chi connectivity index (χ4v) is 2.74. The van der Waals surface area contributed by atoms with Gasteiger partial charge in [-0.25, -0.2) is 4.98 Å². The number of nitrogens with zero attached hydrogens (tertiary/aromatic N) is 1. The molecule has 1 N–H and O–H groups in total. The minimum atomic E-state index is -0.303. The summed E-state index contributed by atoms with van der Waals surface area (Å²) < 4.78 is 10.9. The van der Waals surface area contributed by atoms with Crippen molar-refractivity contribution in [2.45, 2.75) is 19.8 Å². The molecular formula is C21H18N2O3. The number of benzene rings is 2. The van der Waals surface area contributed by atoms with Crippen molar-refractivity contribution in [3.63, 3.8) is 0 Å². The van der Waals surface area contributed by atoms with Gasteiger partial charge in [0.2, 0.25) is 5.89 Å². The maximum Gasteiger partial charge on any atom is 0.291 e. The Labute approximate surface area is 150 Å². The van der Waals surface area contributed by atoms with E-state index >= 15 is 0 Å². The molecule has 0 aliphatic carbocycles. The summed E-state index contributed by atoms with van der Waals surface area (Å²) in [5.41, 5.74) is 4.18. The van der Waals surface area contributed by atoms with Crippen LogP contribution in [0.5, 0.6) is 0 Å². The van der Waals surface area contributed by atoms with Crippen LogP contribution in [-0.2, 0) is 0 Å². The van der Waals surface area contributed by atoms with Gasteiger partial charge in [0.05, 0.1) is 6.26 Å². The number of hydrogen-bond acceptors (Lipinski definition) is 4. The Kier molecular flexibility index (Phi) is 4.05. The van der Waals surface area contributed by atoms with Crippen LogP contribution in [-0.4, -0.2) is 10.9 Å². The molecule has 5 heteroatoms. The Morgan fingerprint density at radius 3 is 2.58 bits per heavy atom. The minimum Gasteiger partial charge on any atom is -0.459 e. The highest BCUT2D eigenvalue weighted by atomic mass is 16.3. The van der Waals surface area contributed by atoms with Gasteiger partial charge in [-0.05, 0) is 53.9 Å². The summed E-state index contributed by atoms with van der Waals surface area (Å²) in [6.45, 7) is 4.32. The molecule has 0 aliphatic rings. The number of oxazole rings is 1. The second-order valence-corrected chi connectivity index (χ2v) is 6.41. The van der Waals surface area contributed by atoms with Crippen molar-refractivity contribution < 1.29 is 13.6 Å². The third-order valence-electron chi connectivity index (χ3n) is 4.21. The van der Waals surface area contributed by atoms with Gasteiger partial charge in [0.15, 0.2) is 11.3 Å². The van der Waals surface area contributed by atoms with E-state index in [-0.39, 0.29) is 11.7 Å². The van der Waals surface area contributed by atoms with Crippen LogP contribution < -0.4 is 5.32 Å². The Hall–Kier alpha value is -3.34. The quantitative estimate of drug-likeness (QED) is 0.532. The van der Waals surface area contributed by atoms with Gasteiger partial charge in [-0.15, -0.1) is 0 Å². The molecule has 5 nitrogen and oxygen atoms in total. The number of furan rings is 1. The number of aromatic nitrogens is 1. The van der Waals surface area contributed by atoms with Gasteiger partial charge in [-0.1, -0.05) is 26.0 Å². The van der Waals surface area contributed by atoms with Crippen molar-refractivity contribution in [1.29, 1.82) is 0 Å². The van der Waals surface area contributed by atoms with E-state index in [1.54, 1.807) is 30.3 Å². The molecule has 0 radical (unpaired) electrons. The van der Waals surface area contributed by atoms with E-state index < -0.39 is 0 Å². The van der Waals surface area contributed by atoms with Gasteiger partial charge in [0.1, 0.15) is 5.52 Å². The monoisotopic (exact) mass is 346 g/mol. The Bertz CT molecular complexity index is 1040. The number of carbonyl (C=O) groups excluding carboxylic acids is 1. The van der Waals surface area contributed by atoms with E-state index in [1.807, 2.05) is 12.1 Å². The summed E-state index contributed by atoms with van der Waals surface area (Å²) in [5.74, 6) is 0.997. The molecule has 0 fully saturated rings. The maximum absolute atomic E-state index is 12.1. The molecule has 1 amide bonds. The van der Waals surface area contributed by atoms with E-state index in [4.69, 9.17) is 8.83 Å². The zero-order valence-electron chi connectivity index (χ0n) is 14.5. The number of rotatable bonds is 4. The highest BCUT2D eigenvalue weighted by Gasteiger charge is 2.12. The third kappa shape index (κ3) is 3.11. The van der Waals surface area contributed by atoms with E-state index in [2.05, 4.69) is 36.3 Å². The van der Waals surface area contributed by atoms with Crippen LogP contribution in [0.3, 0.4) is 0 Å². The van der Waals surface area contributed by atoms with Crippen LogP contribution in [0.15, 0.2) is 69.7 Å². The van der Waals surface area contributed by atoms with Crippen molar-refractivity contribution in [3.8, 4) is 11.5 Å². The number of amides is 1. The van der Waals surface area contributed by atoms with Crippen LogP contribution in [0.4, 0.5) is 5.69 Å². The number of carbonyl (C=O) groups is 1. The average molecular weight is 346 g/mol. The molecule has 0 bridgehead atoms. The molecule has 2 aromatic carbocycles. The minimum absolute atomic E-state index is 0.260. The molecule has 26 heavy (non-hydrogen) atoms. The molecule has 0 unspecified atom stereocenters. The number of fused-ring (bicyclic) bond motifs is 1. The standard InChI is InChI=1S/C21H18N2O3/c1-13(2)14-5-7-15(8-6-14)21-23-17-12-16(9-10-18(17)26-21)22-20(24)19-4-3-11-25-19/h3-13H,1-2H3,(H,22,24). The molecule has 4 aromatic rings. The first-order valence-corrected chi connectivity index (χ1v) is 8.46. The molecule has 0 aliphatic heterocycles. The average Bonchev–Trinajstić information content (AvgIpc) is 3.31. The number of nitrogens with one attached hydrogen (secondary N) is 1. The first-order valence-electron chi connectivity index (χ1n) is 8.46. The number of anilines is 1. The van der Waals surface area contributed by atoms with Gasteiger partial charge < -0.3 is 14.2 Å². The summed E-state index contributed by atoms with van der Waals surface area (Å²) in [7, 11) is 0.